The molecule has 6 nitrogen and oxygen atoms in total. The molecule has 7 heteroatoms. The molecule has 0 saturated heterocycles. The quantitative estimate of drug-likeness (QED) is 0.822. The Morgan fingerprint density at radius 1 is 1.17 bits per heavy atom. The topological polar surface area (TPSA) is 84.9 Å². The Labute approximate surface area is 137 Å². The summed E-state index contributed by atoms with van der Waals surface area (Å²) in [5, 5.41) is 12.4. The fourth-order valence-corrected chi connectivity index (χ4v) is 1.91. The van der Waals surface area contributed by atoms with Crippen molar-refractivity contribution >= 4 is 17.6 Å². The number of anilines is 1. The molecule has 0 saturated carbocycles. The van der Waals surface area contributed by atoms with Gasteiger partial charge in [-0.25, -0.2) is 9.18 Å². The number of carbonyl (C=O) groups excluding carboxylic acids is 2. The maximum atomic E-state index is 12.8. The van der Waals surface area contributed by atoms with Crippen LogP contribution in [0, 0.1) is 5.82 Å². The summed E-state index contributed by atoms with van der Waals surface area (Å²) in [5.74, 6) is -2.13. The van der Waals surface area contributed by atoms with E-state index in [4.69, 9.17) is 9.47 Å². The molecule has 0 aliphatic rings. The number of methoxy groups -OCH3 is 1. The van der Waals surface area contributed by atoms with Crippen LogP contribution in [-0.4, -0.2) is 30.2 Å². The van der Waals surface area contributed by atoms with E-state index in [2.05, 4.69) is 5.32 Å². The molecule has 0 aliphatic heterocycles. The zero-order valence-electron chi connectivity index (χ0n) is 13.1. The average Bonchev–Trinajstić information content (AvgIpc) is 2.56. The first-order valence-corrected chi connectivity index (χ1v) is 7.05. The third-order valence-electron chi connectivity index (χ3n) is 3.20. The van der Waals surface area contributed by atoms with Crippen molar-refractivity contribution in [2.24, 2.45) is 0 Å². The van der Waals surface area contributed by atoms with Gasteiger partial charge in [-0.15, -0.1) is 0 Å². The summed E-state index contributed by atoms with van der Waals surface area (Å²) in [6.07, 6.45) is -1.12. The van der Waals surface area contributed by atoms with Crippen LogP contribution in [0.2, 0.25) is 0 Å². The fourth-order valence-electron chi connectivity index (χ4n) is 1.91. The highest BCUT2D eigenvalue weighted by Gasteiger charge is 2.22. The molecule has 0 fully saturated rings. The van der Waals surface area contributed by atoms with Gasteiger partial charge in [0.05, 0.1) is 7.11 Å². The lowest BCUT2D eigenvalue weighted by Crippen LogP contribution is -2.30. The van der Waals surface area contributed by atoms with Gasteiger partial charge in [-0.05, 0) is 43.3 Å². The lowest BCUT2D eigenvalue weighted by Gasteiger charge is -2.14. The van der Waals surface area contributed by atoms with Crippen molar-refractivity contribution in [3.8, 4) is 11.5 Å². The van der Waals surface area contributed by atoms with Gasteiger partial charge in [0.25, 0.3) is 5.91 Å². The highest BCUT2D eigenvalue weighted by Crippen LogP contribution is 2.30. The lowest BCUT2D eigenvalue weighted by molar-refractivity contribution is -0.123. The van der Waals surface area contributed by atoms with Gasteiger partial charge in [0.1, 0.15) is 11.4 Å². The second kappa shape index (κ2) is 7.45. The fraction of sp³-hybridized carbons (Fsp3) is 0.176. The normalized spacial score (nSPS) is 11.5. The van der Waals surface area contributed by atoms with Crippen LogP contribution < -0.4 is 10.1 Å². The molecule has 0 spiro atoms. The molecule has 0 aliphatic carbocycles. The number of ether oxygens (including phenoxy) is 2. The number of phenolic OH excluding ortho intramolecular Hbond substituents is 1. The number of esters is 1. The third-order valence-corrected chi connectivity index (χ3v) is 3.20. The molecule has 0 bridgehead atoms. The maximum Gasteiger partial charge on any atom is 0.342 e. The second-order valence-electron chi connectivity index (χ2n) is 4.90. The summed E-state index contributed by atoms with van der Waals surface area (Å²) in [7, 11) is 1.35. The van der Waals surface area contributed by atoms with Crippen LogP contribution >= 0.6 is 0 Å². The van der Waals surface area contributed by atoms with Crippen LogP contribution in [0.5, 0.6) is 11.5 Å². The van der Waals surface area contributed by atoms with Crippen LogP contribution in [0.3, 0.4) is 0 Å². The van der Waals surface area contributed by atoms with E-state index in [0.717, 1.165) is 0 Å². The minimum Gasteiger partial charge on any atom is -0.504 e. The smallest absolute Gasteiger partial charge is 0.342 e. The van der Waals surface area contributed by atoms with Crippen molar-refractivity contribution < 1.29 is 28.6 Å². The highest BCUT2D eigenvalue weighted by atomic mass is 19.1. The summed E-state index contributed by atoms with van der Waals surface area (Å²) in [6, 6.07) is 9.51. The molecule has 24 heavy (non-hydrogen) atoms. The molecular formula is C17H16FNO5. The minimum atomic E-state index is -1.12. The maximum absolute atomic E-state index is 12.8. The largest absolute Gasteiger partial charge is 0.504 e. The number of hydrogen-bond donors (Lipinski definition) is 2. The standard InChI is InChI=1S/C17H16FNO5/c1-10(16(21)19-12-8-6-11(18)7-9-12)24-17(22)13-4-3-5-14(23-2)15(13)20/h3-10,20H,1-2H3,(H,19,21). The van der Waals surface area contributed by atoms with Crippen molar-refractivity contribution in [1.29, 1.82) is 0 Å². The van der Waals surface area contributed by atoms with E-state index in [1.165, 1.54) is 56.5 Å². The molecule has 1 atom stereocenters. The number of amides is 1. The van der Waals surface area contributed by atoms with Gasteiger partial charge in [-0.3, -0.25) is 4.79 Å². The lowest BCUT2D eigenvalue weighted by atomic mass is 10.2. The zero-order chi connectivity index (χ0) is 17.7. The Balaban J connectivity index is 2.03. The number of halogens is 1. The van der Waals surface area contributed by atoms with Gasteiger partial charge in [-0.2, -0.15) is 0 Å². The monoisotopic (exact) mass is 333 g/mol. The molecule has 2 N–H and O–H groups in total. The van der Waals surface area contributed by atoms with Crippen LogP contribution in [0.15, 0.2) is 42.5 Å². The Hall–Kier alpha value is -3.09. The van der Waals surface area contributed by atoms with Crippen LogP contribution in [0.25, 0.3) is 0 Å². The third kappa shape index (κ3) is 4.01. The number of phenols is 1. The van der Waals surface area contributed by atoms with Crippen molar-refractivity contribution in [2.75, 3.05) is 12.4 Å². The van der Waals surface area contributed by atoms with E-state index in [0.29, 0.717) is 5.69 Å². The van der Waals surface area contributed by atoms with E-state index >= 15 is 0 Å². The minimum absolute atomic E-state index is 0.115. The Kier molecular flexibility index (Phi) is 5.36. The SMILES string of the molecule is COc1cccc(C(=O)OC(C)C(=O)Nc2ccc(F)cc2)c1O. The van der Waals surface area contributed by atoms with E-state index < -0.39 is 23.8 Å². The molecule has 126 valence electrons. The number of rotatable bonds is 5. The number of nitrogens with one attached hydrogen (secondary N) is 1. The van der Waals surface area contributed by atoms with Gasteiger partial charge in [-0.1, -0.05) is 6.07 Å². The number of aromatic hydroxyl groups is 1. The molecular weight excluding hydrogens is 317 g/mol. The number of hydrogen-bond acceptors (Lipinski definition) is 5. The van der Waals surface area contributed by atoms with Crippen molar-refractivity contribution in [2.45, 2.75) is 13.0 Å². The highest BCUT2D eigenvalue weighted by molar-refractivity contribution is 5.98. The van der Waals surface area contributed by atoms with E-state index in [1.54, 1.807) is 0 Å². The van der Waals surface area contributed by atoms with Gasteiger partial charge < -0.3 is 19.9 Å². The average molecular weight is 333 g/mol. The Morgan fingerprint density at radius 3 is 2.46 bits per heavy atom. The first-order chi connectivity index (χ1) is 11.4. The molecule has 0 radical (unpaired) electrons. The molecule has 0 heterocycles. The number of carbonyl (C=O) groups is 2. The summed E-state index contributed by atoms with van der Waals surface area (Å²) in [5.41, 5.74) is 0.254. The first-order valence-electron chi connectivity index (χ1n) is 7.05. The molecule has 0 aromatic heterocycles. The second-order valence-corrected chi connectivity index (χ2v) is 4.90. The summed E-state index contributed by atoms with van der Waals surface area (Å²) in [6.45, 7) is 1.38. The Bertz CT molecular complexity index is 745. The zero-order valence-corrected chi connectivity index (χ0v) is 13.1. The van der Waals surface area contributed by atoms with Crippen molar-refractivity contribution in [1.82, 2.24) is 0 Å². The summed E-state index contributed by atoms with van der Waals surface area (Å²) in [4.78, 5) is 24.1. The predicted octanol–water partition coefficient (Wildman–Crippen LogP) is 2.72. The van der Waals surface area contributed by atoms with E-state index in [-0.39, 0.29) is 17.1 Å². The van der Waals surface area contributed by atoms with Crippen molar-refractivity contribution in [3.05, 3.63) is 53.8 Å². The van der Waals surface area contributed by atoms with E-state index in [9.17, 15) is 19.1 Å². The van der Waals surface area contributed by atoms with Gasteiger partial charge >= 0.3 is 5.97 Å². The van der Waals surface area contributed by atoms with Gasteiger partial charge in [0.15, 0.2) is 17.6 Å². The van der Waals surface area contributed by atoms with Crippen LogP contribution in [0.4, 0.5) is 10.1 Å². The predicted molar refractivity (Wildman–Crippen MR) is 84.6 cm³/mol. The molecule has 2 aromatic carbocycles. The first kappa shape index (κ1) is 17.3. The number of para-hydroxylation sites is 1. The summed E-state index contributed by atoms with van der Waals surface area (Å²) >= 11 is 0. The number of benzene rings is 2. The van der Waals surface area contributed by atoms with E-state index in [1.807, 2.05) is 0 Å². The van der Waals surface area contributed by atoms with Gasteiger partial charge in [0.2, 0.25) is 0 Å². The molecule has 2 rings (SSSR count). The van der Waals surface area contributed by atoms with Crippen LogP contribution in [-0.2, 0) is 9.53 Å². The van der Waals surface area contributed by atoms with Gasteiger partial charge in [0, 0.05) is 5.69 Å². The summed E-state index contributed by atoms with van der Waals surface area (Å²) < 4.78 is 22.8. The molecule has 1 amide bonds. The van der Waals surface area contributed by atoms with Crippen molar-refractivity contribution in [3.63, 3.8) is 0 Å². The Morgan fingerprint density at radius 2 is 1.83 bits per heavy atom. The van der Waals surface area contributed by atoms with Crippen LogP contribution in [0.1, 0.15) is 17.3 Å². The molecule has 1 unspecified atom stereocenters. The molecule has 2 aromatic rings.